The molecule has 0 spiro atoms. The minimum atomic E-state index is 0.178. The fraction of sp³-hybridized carbons (Fsp3) is 0.474. The number of allylic oxidation sites excluding steroid dienone is 1. The predicted molar refractivity (Wildman–Crippen MR) is 99.1 cm³/mol. The first-order chi connectivity index (χ1) is 11.6. The predicted octanol–water partition coefficient (Wildman–Crippen LogP) is 4.20. The summed E-state index contributed by atoms with van der Waals surface area (Å²) in [6.07, 6.45) is 5.40. The van der Waals surface area contributed by atoms with Crippen LogP contribution >= 0.6 is 15.9 Å². The van der Waals surface area contributed by atoms with Crippen molar-refractivity contribution >= 4 is 32.9 Å². The molecule has 126 valence electrons. The molecule has 2 fully saturated rings. The average molecular weight is 388 g/mol. The van der Waals surface area contributed by atoms with E-state index in [-0.39, 0.29) is 5.92 Å². The van der Waals surface area contributed by atoms with E-state index in [1.807, 2.05) is 18.2 Å². The Morgan fingerprint density at radius 3 is 2.79 bits per heavy atom. The van der Waals surface area contributed by atoms with Crippen LogP contribution in [-0.2, 0) is 11.3 Å². The van der Waals surface area contributed by atoms with Crippen molar-refractivity contribution in [2.45, 2.75) is 50.6 Å². The number of hydrogen-bond acceptors (Lipinski definition) is 2. The van der Waals surface area contributed by atoms with Crippen LogP contribution in [0.2, 0.25) is 0 Å². The van der Waals surface area contributed by atoms with Gasteiger partial charge in [-0.3, -0.25) is 4.79 Å². The number of benzene rings is 1. The van der Waals surface area contributed by atoms with Crippen molar-refractivity contribution in [2.75, 3.05) is 6.54 Å². The number of imidazole rings is 1. The number of amides is 1. The molecule has 1 saturated carbocycles. The summed E-state index contributed by atoms with van der Waals surface area (Å²) in [6.45, 7) is 5.48. The van der Waals surface area contributed by atoms with E-state index in [4.69, 9.17) is 4.98 Å². The SMILES string of the molecule is C=C(Br)Cn1c(C2CC(=O)N(C3CCCC3)C2)nc2ccccc21. The molecule has 1 saturated heterocycles. The van der Waals surface area contributed by atoms with Gasteiger partial charge in [0.15, 0.2) is 0 Å². The summed E-state index contributed by atoms with van der Waals surface area (Å²) >= 11 is 3.48. The molecular formula is C19H22BrN3O. The molecule has 1 unspecified atom stereocenters. The Labute approximate surface area is 150 Å². The second-order valence-electron chi connectivity index (χ2n) is 6.95. The van der Waals surface area contributed by atoms with Crippen molar-refractivity contribution in [3.63, 3.8) is 0 Å². The summed E-state index contributed by atoms with van der Waals surface area (Å²) in [4.78, 5) is 19.5. The molecule has 1 atom stereocenters. The van der Waals surface area contributed by atoms with E-state index < -0.39 is 0 Å². The van der Waals surface area contributed by atoms with Crippen molar-refractivity contribution < 1.29 is 4.79 Å². The number of hydrogen-bond donors (Lipinski definition) is 0. The fourth-order valence-electron chi connectivity index (χ4n) is 4.22. The zero-order chi connectivity index (χ0) is 16.7. The van der Waals surface area contributed by atoms with Crippen LogP contribution in [0.1, 0.15) is 43.8 Å². The lowest BCUT2D eigenvalue weighted by molar-refractivity contribution is -0.129. The van der Waals surface area contributed by atoms with E-state index in [1.165, 1.54) is 12.8 Å². The highest BCUT2D eigenvalue weighted by Gasteiger charge is 2.38. The minimum Gasteiger partial charge on any atom is -0.339 e. The van der Waals surface area contributed by atoms with Crippen LogP contribution < -0.4 is 0 Å². The normalized spacial score (nSPS) is 22.0. The standard InChI is InChI=1S/C19H22BrN3O/c1-13(20)11-23-17-9-5-4-8-16(17)21-19(23)14-10-18(24)22(12-14)15-6-2-3-7-15/h4-5,8-9,14-15H,1-3,6-7,10-12H2. The number of aromatic nitrogens is 2. The molecular weight excluding hydrogens is 366 g/mol. The van der Waals surface area contributed by atoms with Crippen LogP contribution in [0, 0.1) is 0 Å². The van der Waals surface area contributed by atoms with Gasteiger partial charge in [-0.05, 0) is 25.0 Å². The van der Waals surface area contributed by atoms with E-state index in [0.29, 0.717) is 24.9 Å². The Bertz CT molecular complexity index is 791. The lowest BCUT2D eigenvalue weighted by Gasteiger charge is -2.24. The van der Waals surface area contributed by atoms with Gasteiger partial charge in [0.05, 0.1) is 17.6 Å². The molecule has 4 rings (SSSR count). The van der Waals surface area contributed by atoms with Gasteiger partial charge in [-0.2, -0.15) is 0 Å². The third-order valence-corrected chi connectivity index (χ3v) is 5.55. The fourth-order valence-corrected chi connectivity index (χ4v) is 4.47. The summed E-state index contributed by atoms with van der Waals surface area (Å²) in [6, 6.07) is 8.63. The number of nitrogens with zero attached hydrogens (tertiary/aromatic N) is 3. The zero-order valence-electron chi connectivity index (χ0n) is 13.7. The quantitative estimate of drug-likeness (QED) is 0.787. The van der Waals surface area contributed by atoms with E-state index in [9.17, 15) is 4.79 Å². The molecule has 2 aliphatic rings. The smallest absolute Gasteiger partial charge is 0.223 e. The molecule has 0 N–H and O–H groups in total. The van der Waals surface area contributed by atoms with Crippen LogP contribution in [0.5, 0.6) is 0 Å². The summed E-state index contributed by atoms with van der Waals surface area (Å²) in [5.41, 5.74) is 2.10. The van der Waals surface area contributed by atoms with Crippen molar-refractivity contribution in [3.05, 3.63) is 41.2 Å². The first-order valence-electron chi connectivity index (χ1n) is 8.71. The van der Waals surface area contributed by atoms with Gasteiger partial charge in [-0.25, -0.2) is 4.98 Å². The molecule has 4 nitrogen and oxygen atoms in total. The minimum absolute atomic E-state index is 0.178. The Morgan fingerprint density at radius 2 is 2.04 bits per heavy atom. The van der Waals surface area contributed by atoms with Gasteiger partial charge in [-0.1, -0.05) is 47.5 Å². The summed E-state index contributed by atoms with van der Waals surface area (Å²) in [5.74, 6) is 1.49. The zero-order valence-corrected chi connectivity index (χ0v) is 15.3. The lowest BCUT2D eigenvalue weighted by atomic mass is 10.1. The summed E-state index contributed by atoms with van der Waals surface area (Å²) in [7, 11) is 0. The summed E-state index contributed by atoms with van der Waals surface area (Å²) in [5, 5.41) is 0. The Hall–Kier alpha value is -1.62. The van der Waals surface area contributed by atoms with E-state index in [1.54, 1.807) is 0 Å². The van der Waals surface area contributed by atoms with Gasteiger partial charge in [-0.15, -0.1) is 0 Å². The third kappa shape index (κ3) is 2.79. The molecule has 0 radical (unpaired) electrons. The molecule has 5 heteroatoms. The monoisotopic (exact) mass is 387 g/mol. The molecule has 1 aromatic carbocycles. The van der Waals surface area contributed by atoms with Crippen molar-refractivity contribution in [1.29, 1.82) is 0 Å². The molecule has 24 heavy (non-hydrogen) atoms. The lowest BCUT2D eigenvalue weighted by Crippen LogP contribution is -2.34. The first kappa shape index (κ1) is 15.9. The average Bonchev–Trinajstić information content (AvgIpc) is 3.26. The molecule has 1 aliphatic heterocycles. The molecule has 1 aromatic heterocycles. The van der Waals surface area contributed by atoms with E-state index in [0.717, 1.165) is 40.7 Å². The number of carbonyl (C=O) groups is 1. The van der Waals surface area contributed by atoms with Crippen molar-refractivity contribution in [2.24, 2.45) is 0 Å². The Morgan fingerprint density at radius 1 is 1.29 bits per heavy atom. The molecule has 1 aliphatic carbocycles. The van der Waals surface area contributed by atoms with Gasteiger partial charge in [0.1, 0.15) is 5.82 Å². The van der Waals surface area contributed by atoms with Crippen molar-refractivity contribution in [3.8, 4) is 0 Å². The maximum Gasteiger partial charge on any atom is 0.223 e. The van der Waals surface area contributed by atoms with Crippen LogP contribution in [-0.4, -0.2) is 32.9 Å². The molecule has 2 heterocycles. The van der Waals surface area contributed by atoms with Gasteiger partial charge in [0.25, 0.3) is 0 Å². The highest BCUT2D eigenvalue weighted by atomic mass is 79.9. The van der Waals surface area contributed by atoms with Gasteiger partial charge >= 0.3 is 0 Å². The van der Waals surface area contributed by atoms with Gasteiger partial charge in [0, 0.05) is 29.4 Å². The summed E-state index contributed by atoms with van der Waals surface area (Å²) < 4.78 is 3.13. The van der Waals surface area contributed by atoms with E-state index >= 15 is 0 Å². The van der Waals surface area contributed by atoms with Gasteiger partial charge in [0.2, 0.25) is 5.91 Å². The maximum atomic E-state index is 12.6. The Balaban J connectivity index is 1.68. The Kier molecular flexibility index (Phi) is 4.21. The third-order valence-electron chi connectivity index (χ3n) is 5.30. The first-order valence-corrected chi connectivity index (χ1v) is 9.50. The molecule has 1 amide bonds. The number of para-hydroxylation sites is 2. The number of likely N-dealkylation sites (tertiary alicyclic amines) is 1. The second kappa shape index (κ2) is 6.36. The maximum absolute atomic E-state index is 12.6. The number of halogens is 1. The van der Waals surface area contributed by atoms with Crippen LogP contribution in [0.15, 0.2) is 35.3 Å². The topological polar surface area (TPSA) is 38.1 Å². The van der Waals surface area contributed by atoms with Crippen molar-refractivity contribution in [1.82, 2.24) is 14.5 Å². The highest BCUT2D eigenvalue weighted by Crippen LogP contribution is 2.35. The number of carbonyl (C=O) groups excluding carboxylic acids is 1. The van der Waals surface area contributed by atoms with Crippen LogP contribution in [0.4, 0.5) is 0 Å². The molecule has 0 bridgehead atoms. The highest BCUT2D eigenvalue weighted by molar-refractivity contribution is 9.11. The van der Waals surface area contributed by atoms with Gasteiger partial charge < -0.3 is 9.47 Å². The second-order valence-corrected chi connectivity index (χ2v) is 8.07. The number of rotatable bonds is 4. The number of fused-ring (bicyclic) bond motifs is 1. The molecule has 2 aromatic rings. The largest absolute Gasteiger partial charge is 0.339 e. The van der Waals surface area contributed by atoms with E-state index in [2.05, 4.69) is 38.0 Å². The van der Waals surface area contributed by atoms with Crippen LogP contribution in [0.25, 0.3) is 11.0 Å². The van der Waals surface area contributed by atoms with Crippen LogP contribution in [0.3, 0.4) is 0 Å².